The number of nitro groups is 1. The fourth-order valence-electron chi connectivity index (χ4n) is 3.41. The zero-order chi connectivity index (χ0) is 17.6. The number of hydrogen-bond acceptors (Lipinski definition) is 6. The van der Waals surface area contributed by atoms with E-state index in [4.69, 9.17) is 4.74 Å². The van der Waals surface area contributed by atoms with E-state index in [1.165, 1.54) is 12.1 Å². The van der Waals surface area contributed by atoms with Crippen LogP contribution in [-0.4, -0.2) is 42.8 Å². The summed E-state index contributed by atoms with van der Waals surface area (Å²) in [5.74, 6) is -0.634. The summed E-state index contributed by atoms with van der Waals surface area (Å²) in [6, 6.07) is 9.26. The van der Waals surface area contributed by atoms with Crippen LogP contribution in [0.2, 0.25) is 0 Å². The van der Waals surface area contributed by atoms with Crippen LogP contribution in [0.25, 0.3) is 0 Å². The Morgan fingerprint density at radius 2 is 1.56 bits per heavy atom. The molecule has 1 aliphatic heterocycles. The van der Waals surface area contributed by atoms with Crippen LogP contribution in [0.4, 0.5) is 11.4 Å². The van der Waals surface area contributed by atoms with Gasteiger partial charge in [0, 0.05) is 35.8 Å². The molecule has 2 aliphatic rings. The summed E-state index contributed by atoms with van der Waals surface area (Å²) in [5, 5.41) is 11.5. The van der Waals surface area contributed by atoms with Gasteiger partial charge in [0.2, 0.25) is 0 Å². The largest absolute Gasteiger partial charge is 0.378 e. The van der Waals surface area contributed by atoms with Gasteiger partial charge < -0.3 is 9.64 Å². The molecule has 2 aromatic carbocycles. The number of hydrogen-bond donors (Lipinski definition) is 0. The molecule has 0 bridgehead atoms. The zero-order valence-electron chi connectivity index (χ0n) is 13.2. The van der Waals surface area contributed by atoms with Crippen molar-refractivity contribution in [3.8, 4) is 0 Å². The van der Waals surface area contributed by atoms with Crippen LogP contribution in [-0.2, 0) is 4.74 Å². The van der Waals surface area contributed by atoms with Gasteiger partial charge in [-0.25, -0.2) is 0 Å². The molecule has 0 aromatic heterocycles. The van der Waals surface area contributed by atoms with Gasteiger partial charge in [0.15, 0.2) is 11.6 Å². The van der Waals surface area contributed by atoms with Crippen LogP contribution in [0, 0.1) is 10.1 Å². The fourth-order valence-corrected chi connectivity index (χ4v) is 3.41. The fraction of sp³-hybridized carbons (Fsp3) is 0.222. The number of fused-ring (bicyclic) bond motifs is 2. The van der Waals surface area contributed by atoms with Gasteiger partial charge in [0.1, 0.15) is 5.69 Å². The maximum atomic E-state index is 13.1. The number of ether oxygens (including phenoxy) is 1. The molecule has 126 valence electrons. The lowest BCUT2D eigenvalue weighted by Gasteiger charge is -2.31. The van der Waals surface area contributed by atoms with Gasteiger partial charge in [0.25, 0.3) is 5.69 Å². The van der Waals surface area contributed by atoms with Crippen molar-refractivity contribution < 1.29 is 19.2 Å². The summed E-state index contributed by atoms with van der Waals surface area (Å²) in [4.78, 5) is 38.7. The van der Waals surface area contributed by atoms with Crippen molar-refractivity contribution in [3.63, 3.8) is 0 Å². The Morgan fingerprint density at radius 1 is 0.920 bits per heavy atom. The lowest BCUT2D eigenvalue weighted by molar-refractivity contribution is -0.384. The number of carbonyl (C=O) groups is 2. The summed E-state index contributed by atoms with van der Waals surface area (Å²) in [6.45, 7) is 1.69. The third kappa shape index (κ3) is 2.32. The van der Waals surface area contributed by atoms with Crippen molar-refractivity contribution in [2.24, 2.45) is 0 Å². The van der Waals surface area contributed by atoms with Gasteiger partial charge in [-0.3, -0.25) is 19.7 Å². The molecular formula is C18H14N2O5. The van der Waals surface area contributed by atoms with E-state index >= 15 is 0 Å². The molecule has 0 radical (unpaired) electrons. The number of anilines is 1. The minimum Gasteiger partial charge on any atom is -0.378 e. The van der Waals surface area contributed by atoms with Crippen LogP contribution in [0.1, 0.15) is 31.8 Å². The summed E-state index contributed by atoms with van der Waals surface area (Å²) in [6.07, 6.45) is 0. The first-order valence-corrected chi connectivity index (χ1v) is 7.92. The average Bonchev–Trinajstić information content (AvgIpc) is 2.65. The van der Waals surface area contributed by atoms with Gasteiger partial charge in [-0.2, -0.15) is 0 Å². The number of ketones is 2. The SMILES string of the molecule is O=C1c2ccccc2C(=O)c2c1ccc([N+](=O)[O-])c2N1CCOCC1. The summed E-state index contributed by atoms with van der Waals surface area (Å²) in [7, 11) is 0. The standard InChI is InChI=1S/C18H14N2O5/c21-17-11-3-1-2-4-12(11)18(22)15-13(17)5-6-14(20(23)24)16(15)19-7-9-25-10-8-19/h1-6H,7-10H2. The molecule has 1 aliphatic carbocycles. The molecule has 25 heavy (non-hydrogen) atoms. The van der Waals surface area contributed by atoms with Crippen molar-refractivity contribution in [3.05, 3.63) is 68.8 Å². The Morgan fingerprint density at radius 3 is 2.20 bits per heavy atom. The van der Waals surface area contributed by atoms with Gasteiger partial charge >= 0.3 is 0 Å². The van der Waals surface area contributed by atoms with E-state index in [1.54, 1.807) is 29.2 Å². The highest BCUT2D eigenvalue weighted by atomic mass is 16.6. The number of nitro benzene ring substituents is 1. The topological polar surface area (TPSA) is 89.8 Å². The molecule has 7 heteroatoms. The Kier molecular flexibility index (Phi) is 3.58. The molecule has 0 atom stereocenters. The van der Waals surface area contributed by atoms with Gasteiger partial charge in [-0.1, -0.05) is 24.3 Å². The van der Waals surface area contributed by atoms with Crippen LogP contribution in [0.5, 0.6) is 0 Å². The number of rotatable bonds is 2. The minimum absolute atomic E-state index is 0.125. The Hall–Kier alpha value is -3.06. The molecule has 1 heterocycles. The lowest BCUT2D eigenvalue weighted by Crippen LogP contribution is -2.38. The van der Waals surface area contributed by atoms with Gasteiger partial charge in [-0.15, -0.1) is 0 Å². The molecule has 0 amide bonds. The first kappa shape index (κ1) is 15.5. The summed E-state index contributed by atoms with van der Waals surface area (Å²) < 4.78 is 5.31. The van der Waals surface area contributed by atoms with Gasteiger partial charge in [-0.05, 0) is 6.07 Å². The Balaban J connectivity index is 1.99. The normalized spacial score (nSPS) is 16.4. The highest BCUT2D eigenvalue weighted by molar-refractivity contribution is 6.30. The van der Waals surface area contributed by atoms with Crippen molar-refractivity contribution in [1.82, 2.24) is 0 Å². The van der Waals surface area contributed by atoms with Crippen molar-refractivity contribution >= 4 is 22.9 Å². The third-order valence-electron chi connectivity index (χ3n) is 4.57. The maximum absolute atomic E-state index is 13.1. The molecule has 7 nitrogen and oxygen atoms in total. The monoisotopic (exact) mass is 338 g/mol. The second-order valence-electron chi connectivity index (χ2n) is 5.92. The zero-order valence-corrected chi connectivity index (χ0v) is 13.2. The molecule has 4 rings (SSSR count). The van der Waals surface area contributed by atoms with E-state index in [-0.39, 0.29) is 39.6 Å². The van der Waals surface area contributed by atoms with Crippen LogP contribution < -0.4 is 4.90 Å². The number of nitrogens with zero attached hydrogens (tertiary/aromatic N) is 2. The number of morpholine rings is 1. The van der Waals surface area contributed by atoms with Crippen LogP contribution in [0.15, 0.2) is 36.4 Å². The van der Waals surface area contributed by atoms with E-state index in [2.05, 4.69) is 0 Å². The molecule has 0 unspecified atom stereocenters. The summed E-state index contributed by atoms with van der Waals surface area (Å²) in [5.41, 5.74) is 1.02. The van der Waals surface area contributed by atoms with E-state index in [0.29, 0.717) is 31.9 Å². The predicted octanol–water partition coefficient (Wildman–Crippen LogP) is 2.21. The second kappa shape index (κ2) is 5.78. The average molecular weight is 338 g/mol. The third-order valence-corrected chi connectivity index (χ3v) is 4.57. The molecular weight excluding hydrogens is 324 g/mol. The summed E-state index contributed by atoms with van der Waals surface area (Å²) >= 11 is 0. The van der Waals surface area contributed by atoms with Crippen molar-refractivity contribution in [2.75, 3.05) is 31.2 Å². The van der Waals surface area contributed by atoms with Crippen molar-refractivity contribution in [2.45, 2.75) is 0 Å². The van der Waals surface area contributed by atoms with Crippen LogP contribution >= 0.6 is 0 Å². The lowest BCUT2D eigenvalue weighted by atomic mass is 9.82. The van der Waals surface area contributed by atoms with E-state index in [0.717, 1.165) is 0 Å². The Labute approximate surface area is 143 Å². The van der Waals surface area contributed by atoms with E-state index in [1.807, 2.05) is 0 Å². The van der Waals surface area contributed by atoms with Crippen molar-refractivity contribution in [1.29, 1.82) is 0 Å². The maximum Gasteiger partial charge on any atom is 0.293 e. The number of benzene rings is 2. The number of carbonyl (C=O) groups excluding carboxylic acids is 2. The smallest absolute Gasteiger partial charge is 0.293 e. The van der Waals surface area contributed by atoms with Crippen LogP contribution in [0.3, 0.4) is 0 Å². The van der Waals surface area contributed by atoms with E-state index < -0.39 is 4.92 Å². The quantitative estimate of drug-likeness (QED) is 0.526. The highest BCUT2D eigenvalue weighted by Gasteiger charge is 2.37. The molecule has 0 N–H and O–H groups in total. The van der Waals surface area contributed by atoms with E-state index in [9.17, 15) is 19.7 Å². The molecule has 1 fully saturated rings. The minimum atomic E-state index is -0.511. The Bertz CT molecular complexity index is 916. The first-order chi connectivity index (χ1) is 12.1. The molecule has 0 saturated carbocycles. The molecule has 1 saturated heterocycles. The highest BCUT2D eigenvalue weighted by Crippen LogP contribution is 2.40. The molecule has 0 spiro atoms. The van der Waals surface area contributed by atoms with Gasteiger partial charge in [0.05, 0.1) is 23.7 Å². The molecule has 2 aromatic rings. The second-order valence-corrected chi connectivity index (χ2v) is 5.92. The first-order valence-electron chi connectivity index (χ1n) is 7.92. The predicted molar refractivity (Wildman–Crippen MR) is 89.4 cm³/mol.